The predicted molar refractivity (Wildman–Crippen MR) is 127 cm³/mol. The number of esters is 1. The number of aliphatic hydroxyl groups is 1. The largest absolute Gasteiger partial charge is 0.457 e. The van der Waals surface area contributed by atoms with Crippen LogP contribution in [-0.2, 0) is 30.0 Å². The van der Waals surface area contributed by atoms with Crippen LogP contribution >= 0.6 is 0 Å². The number of carbonyl (C=O) groups is 2. The second-order valence-corrected chi connectivity index (χ2v) is 15.0. The summed E-state index contributed by atoms with van der Waals surface area (Å²) in [7, 11) is -2.15. The normalized spacial score (nSPS) is 17.8. The minimum Gasteiger partial charge on any atom is -0.457 e. The van der Waals surface area contributed by atoms with Crippen LogP contribution in [0.2, 0.25) is 18.1 Å². The van der Waals surface area contributed by atoms with Crippen molar-refractivity contribution in [3.05, 3.63) is 47.7 Å². The van der Waals surface area contributed by atoms with Crippen LogP contribution in [0.4, 0.5) is 4.79 Å². The minimum atomic E-state index is -2.15. The summed E-state index contributed by atoms with van der Waals surface area (Å²) in [4.78, 5) is 24.3. The third kappa shape index (κ3) is 8.49. The molecule has 1 aromatic carbocycles. The van der Waals surface area contributed by atoms with Gasteiger partial charge in [0.2, 0.25) is 5.79 Å². The molecule has 0 fully saturated rings. The average Bonchev–Trinajstić information content (AvgIpc) is 2.67. The summed E-state index contributed by atoms with van der Waals surface area (Å²) < 4.78 is 22.3. The predicted octanol–water partition coefficient (Wildman–Crippen LogP) is 4.25. The standard InChI is InChI=1S/C24H37NO7Si/c1-23(2,3)33(6,7)30-16-19(25-22(28)29-15-17-11-9-8-10-12-17)20(26)13-18-14-21(27)32-24(4,5)31-18/h8-12,14,19-20,26H,13,15-16H2,1-7H3,(H,25,28)/t19-,20-/m0/s1. The molecule has 1 heterocycles. The second kappa shape index (κ2) is 10.7. The van der Waals surface area contributed by atoms with Crippen LogP contribution in [-0.4, -0.2) is 50.0 Å². The first-order valence-corrected chi connectivity index (χ1v) is 14.0. The van der Waals surface area contributed by atoms with Gasteiger partial charge in [0.1, 0.15) is 12.4 Å². The Hall–Kier alpha value is -2.36. The maximum Gasteiger partial charge on any atom is 0.407 e. The van der Waals surface area contributed by atoms with Crippen molar-refractivity contribution in [2.75, 3.05) is 6.61 Å². The van der Waals surface area contributed by atoms with E-state index < -0.39 is 38.3 Å². The third-order valence-corrected chi connectivity index (χ3v) is 10.3. The van der Waals surface area contributed by atoms with Crippen molar-refractivity contribution < 1.29 is 33.3 Å². The summed E-state index contributed by atoms with van der Waals surface area (Å²) >= 11 is 0. The topological polar surface area (TPSA) is 103 Å². The van der Waals surface area contributed by atoms with Gasteiger partial charge in [-0.2, -0.15) is 0 Å². The van der Waals surface area contributed by atoms with E-state index in [4.69, 9.17) is 18.6 Å². The first kappa shape index (κ1) is 26.9. The highest BCUT2D eigenvalue weighted by molar-refractivity contribution is 6.74. The number of cyclic esters (lactones) is 1. The summed E-state index contributed by atoms with van der Waals surface area (Å²) in [5.41, 5.74) is 0.851. The quantitative estimate of drug-likeness (QED) is 0.403. The molecule has 0 radical (unpaired) electrons. The van der Waals surface area contributed by atoms with Gasteiger partial charge in [0.05, 0.1) is 24.8 Å². The first-order chi connectivity index (χ1) is 15.2. The fraction of sp³-hybridized carbons (Fsp3) is 0.583. The highest BCUT2D eigenvalue weighted by Gasteiger charge is 2.39. The van der Waals surface area contributed by atoms with Gasteiger partial charge in [-0.3, -0.25) is 0 Å². The first-order valence-electron chi connectivity index (χ1n) is 11.1. The number of benzene rings is 1. The van der Waals surface area contributed by atoms with Crippen molar-refractivity contribution in [3.8, 4) is 0 Å². The van der Waals surface area contributed by atoms with Crippen LogP contribution < -0.4 is 5.32 Å². The second-order valence-electron chi connectivity index (χ2n) is 10.2. The number of ether oxygens (including phenoxy) is 3. The zero-order chi connectivity index (χ0) is 24.9. The van der Waals surface area contributed by atoms with Crippen molar-refractivity contribution in [1.29, 1.82) is 0 Å². The molecule has 0 saturated carbocycles. The fourth-order valence-electron chi connectivity index (χ4n) is 2.90. The lowest BCUT2D eigenvalue weighted by Crippen LogP contribution is -2.51. The number of amides is 1. The number of rotatable bonds is 9. The van der Waals surface area contributed by atoms with Gasteiger partial charge in [-0.25, -0.2) is 9.59 Å². The van der Waals surface area contributed by atoms with Gasteiger partial charge in [0.15, 0.2) is 8.32 Å². The molecule has 184 valence electrons. The van der Waals surface area contributed by atoms with Gasteiger partial charge in [-0.05, 0) is 23.7 Å². The molecular formula is C24H37NO7Si. The number of aliphatic hydroxyl groups excluding tert-OH is 1. The van der Waals surface area contributed by atoms with Crippen molar-refractivity contribution in [2.45, 2.75) is 83.7 Å². The van der Waals surface area contributed by atoms with Gasteiger partial charge in [-0.15, -0.1) is 0 Å². The highest BCUT2D eigenvalue weighted by atomic mass is 28.4. The molecule has 1 aliphatic heterocycles. The van der Waals surface area contributed by atoms with E-state index >= 15 is 0 Å². The molecule has 8 nitrogen and oxygen atoms in total. The van der Waals surface area contributed by atoms with E-state index in [9.17, 15) is 14.7 Å². The van der Waals surface area contributed by atoms with Gasteiger partial charge >= 0.3 is 12.1 Å². The Morgan fingerprint density at radius 2 is 1.82 bits per heavy atom. The Kier molecular flexibility index (Phi) is 8.73. The Morgan fingerprint density at radius 1 is 1.18 bits per heavy atom. The molecule has 0 saturated heterocycles. The SMILES string of the molecule is CC1(C)OC(=O)C=C(C[C@H](O)[C@H](CO[Si](C)(C)C(C)(C)C)NC(=O)OCc2ccccc2)O1. The smallest absolute Gasteiger partial charge is 0.407 e. The van der Waals surface area contributed by atoms with E-state index in [-0.39, 0.29) is 30.4 Å². The van der Waals surface area contributed by atoms with Crippen LogP contribution in [0.1, 0.15) is 46.6 Å². The van der Waals surface area contributed by atoms with Gasteiger partial charge in [-0.1, -0.05) is 51.1 Å². The van der Waals surface area contributed by atoms with E-state index in [1.807, 2.05) is 30.3 Å². The number of nitrogens with one attached hydrogen (secondary N) is 1. The van der Waals surface area contributed by atoms with E-state index in [0.717, 1.165) is 5.56 Å². The molecule has 0 aromatic heterocycles. The molecule has 0 bridgehead atoms. The summed E-state index contributed by atoms with van der Waals surface area (Å²) in [6.07, 6.45) is -0.538. The van der Waals surface area contributed by atoms with Gasteiger partial charge in [0, 0.05) is 20.3 Å². The van der Waals surface area contributed by atoms with Gasteiger partial charge in [0.25, 0.3) is 0 Å². The van der Waals surface area contributed by atoms with E-state index in [2.05, 4.69) is 39.2 Å². The maximum absolute atomic E-state index is 12.5. The van der Waals surface area contributed by atoms with Crippen LogP contribution in [0.25, 0.3) is 0 Å². The highest BCUT2D eigenvalue weighted by Crippen LogP contribution is 2.36. The minimum absolute atomic E-state index is 0.00300. The lowest BCUT2D eigenvalue weighted by atomic mass is 10.1. The van der Waals surface area contributed by atoms with Crippen molar-refractivity contribution in [1.82, 2.24) is 5.32 Å². The van der Waals surface area contributed by atoms with Crippen LogP contribution in [0.5, 0.6) is 0 Å². The van der Waals surface area contributed by atoms with Crippen molar-refractivity contribution >= 4 is 20.4 Å². The lowest BCUT2D eigenvalue weighted by molar-refractivity contribution is -0.207. The zero-order valence-corrected chi connectivity index (χ0v) is 21.6. The van der Waals surface area contributed by atoms with Crippen LogP contribution in [0.3, 0.4) is 0 Å². The molecule has 2 N–H and O–H groups in total. The Morgan fingerprint density at radius 3 is 2.39 bits per heavy atom. The third-order valence-electron chi connectivity index (χ3n) is 5.82. The Labute approximate surface area is 197 Å². The molecule has 9 heteroatoms. The Bertz CT molecular complexity index is 846. The molecule has 2 rings (SSSR count). The average molecular weight is 480 g/mol. The zero-order valence-electron chi connectivity index (χ0n) is 20.6. The molecule has 0 unspecified atom stereocenters. The fourth-order valence-corrected chi connectivity index (χ4v) is 3.93. The summed E-state index contributed by atoms with van der Waals surface area (Å²) in [6.45, 7) is 13.9. The number of alkyl carbamates (subject to hydrolysis) is 1. The monoisotopic (exact) mass is 479 g/mol. The summed E-state index contributed by atoms with van der Waals surface area (Å²) in [6, 6.07) is 8.55. The van der Waals surface area contributed by atoms with E-state index in [1.165, 1.54) is 6.08 Å². The Balaban J connectivity index is 2.08. The molecule has 33 heavy (non-hydrogen) atoms. The maximum atomic E-state index is 12.5. The van der Waals surface area contributed by atoms with Crippen LogP contribution in [0, 0.1) is 0 Å². The molecular weight excluding hydrogens is 442 g/mol. The van der Waals surface area contributed by atoms with Crippen molar-refractivity contribution in [3.63, 3.8) is 0 Å². The summed E-state index contributed by atoms with van der Waals surface area (Å²) in [5.74, 6) is -1.39. The number of hydrogen-bond donors (Lipinski definition) is 2. The van der Waals surface area contributed by atoms with Crippen molar-refractivity contribution in [2.24, 2.45) is 0 Å². The lowest BCUT2D eigenvalue weighted by Gasteiger charge is -2.38. The van der Waals surface area contributed by atoms with Crippen LogP contribution in [0.15, 0.2) is 42.2 Å². The molecule has 1 aliphatic rings. The summed E-state index contributed by atoms with van der Waals surface area (Å²) in [5, 5.41) is 13.6. The number of hydrogen-bond acceptors (Lipinski definition) is 7. The molecule has 0 aliphatic carbocycles. The van der Waals surface area contributed by atoms with E-state index in [1.54, 1.807) is 13.8 Å². The molecule has 1 amide bonds. The number of carbonyl (C=O) groups excluding carboxylic acids is 2. The molecule has 1 aromatic rings. The van der Waals surface area contributed by atoms with Gasteiger partial charge < -0.3 is 29.1 Å². The van der Waals surface area contributed by atoms with E-state index in [0.29, 0.717) is 0 Å². The molecule has 2 atom stereocenters. The molecule has 0 spiro atoms.